The topological polar surface area (TPSA) is 45.2 Å². The van der Waals surface area contributed by atoms with Gasteiger partial charge in [-0.3, -0.25) is 4.79 Å². The van der Waals surface area contributed by atoms with Gasteiger partial charge < -0.3 is 10.2 Å². The molecule has 0 spiro atoms. The molecule has 5 heteroatoms. The van der Waals surface area contributed by atoms with E-state index in [0.29, 0.717) is 12.5 Å². The average molecular weight is 358 g/mol. The van der Waals surface area contributed by atoms with Gasteiger partial charge >= 0.3 is 0 Å². The van der Waals surface area contributed by atoms with Gasteiger partial charge in [0.25, 0.3) is 5.91 Å². The average Bonchev–Trinajstić information content (AvgIpc) is 3.21. The second-order valence-corrected chi connectivity index (χ2v) is 7.96. The van der Waals surface area contributed by atoms with Crippen molar-refractivity contribution >= 4 is 17.2 Å². The van der Waals surface area contributed by atoms with Crippen molar-refractivity contribution in [2.75, 3.05) is 26.2 Å². The van der Waals surface area contributed by atoms with E-state index in [1.807, 2.05) is 13.8 Å². The summed E-state index contributed by atoms with van der Waals surface area (Å²) in [6, 6.07) is 8.69. The summed E-state index contributed by atoms with van der Waals surface area (Å²) in [4.78, 5) is 20.0. The van der Waals surface area contributed by atoms with Gasteiger partial charge in [-0.15, -0.1) is 11.3 Å². The molecule has 0 bridgehead atoms. The van der Waals surface area contributed by atoms with E-state index in [0.717, 1.165) is 41.6 Å². The maximum absolute atomic E-state index is 12.4. The molecule has 1 aromatic carbocycles. The van der Waals surface area contributed by atoms with Crippen LogP contribution in [-0.2, 0) is 6.42 Å². The SMILES string of the molecule is CCc1nc(C)sc1C(=O)NCCN1CC[C@@H](c2ccccc2C)C1. The highest BCUT2D eigenvalue weighted by Crippen LogP contribution is 2.28. The number of amides is 1. The van der Waals surface area contributed by atoms with Gasteiger partial charge in [0.15, 0.2) is 0 Å². The zero-order valence-electron chi connectivity index (χ0n) is 15.3. The minimum Gasteiger partial charge on any atom is -0.350 e. The van der Waals surface area contributed by atoms with Crippen LogP contribution in [0.1, 0.15) is 50.8 Å². The number of carbonyl (C=O) groups is 1. The molecule has 0 saturated carbocycles. The van der Waals surface area contributed by atoms with Crippen LogP contribution in [0.5, 0.6) is 0 Å². The van der Waals surface area contributed by atoms with Gasteiger partial charge in [0, 0.05) is 19.6 Å². The van der Waals surface area contributed by atoms with Crippen LogP contribution in [0.25, 0.3) is 0 Å². The summed E-state index contributed by atoms with van der Waals surface area (Å²) in [5.74, 6) is 0.643. The molecule has 1 atom stereocenters. The predicted molar refractivity (Wildman–Crippen MR) is 104 cm³/mol. The van der Waals surface area contributed by atoms with Gasteiger partial charge in [0.1, 0.15) is 4.88 Å². The molecule has 1 aromatic heterocycles. The van der Waals surface area contributed by atoms with Crippen LogP contribution in [0.2, 0.25) is 0 Å². The lowest BCUT2D eigenvalue weighted by atomic mass is 9.94. The molecule has 1 saturated heterocycles. The number of carbonyl (C=O) groups excluding carboxylic acids is 1. The Morgan fingerprint density at radius 3 is 2.92 bits per heavy atom. The highest BCUT2D eigenvalue weighted by Gasteiger charge is 2.24. The van der Waals surface area contributed by atoms with E-state index < -0.39 is 0 Å². The fourth-order valence-corrected chi connectivity index (χ4v) is 4.55. The third kappa shape index (κ3) is 4.28. The Kier molecular flexibility index (Phi) is 5.86. The quantitative estimate of drug-likeness (QED) is 0.860. The predicted octanol–water partition coefficient (Wildman–Crippen LogP) is 3.54. The maximum atomic E-state index is 12.4. The molecule has 3 rings (SSSR count). The molecule has 1 aliphatic rings. The molecule has 0 radical (unpaired) electrons. The van der Waals surface area contributed by atoms with Gasteiger partial charge in [-0.05, 0) is 50.3 Å². The molecule has 134 valence electrons. The molecule has 1 N–H and O–H groups in total. The van der Waals surface area contributed by atoms with Crippen molar-refractivity contribution in [1.82, 2.24) is 15.2 Å². The van der Waals surface area contributed by atoms with E-state index in [1.165, 1.54) is 28.9 Å². The van der Waals surface area contributed by atoms with Crippen molar-refractivity contribution in [3.8, 4) is 0 Å². The fraction of sp³-hybridized carbons (Fsp3) is 0.500. The number of aryl methyl sites for hydroxylation is 3. The minimum atomic E-state index is 0.0251. The van der Waals surface area contributed by atoms with Crippen LogP contribution in [0.15, 0.2) is 24.3 Å². The van der Waals surface area contributed by atoms with Gasteiger partial charge in [0.05, 0.1) is 10.7 Å². The Labute approximate surface area is 154 Å². The van der Waals surface area contributed by atoms with Crippen molar-refractivity contribution in [3.05, 3.63) is 51.0 Å². The molecule has 0 unspecified atom stereocenters. The van der Waals surface area contributed by atoms with Crippen LogP contribution in [0.3, 0.4) is 0 Å². The molecular weight excluding hydrogens is 330 g/mol. The van der Waals surface area contributed by atoms with E-state index in [-0.39, 0.29) is 5.91 Å². The molecule has 1 amide bonds. The first kappa shape index (κ1) is 18.1. The first-order valence-corrected chi connectivity index (χ1v) is 9.92. The summed E-state index contributed by atoms with van der Waals surface area (Å²) in [7, 11) is 0. The third-order valence-corrected chi connectivity index (χ3v) is 5.97. The molecule has 4 nitrogen and oxygen atoms in total. The Morgan fingerprint density at radius 2 is 2.16 bits per heavy atom. The van der Waals surface area contributed by atoms with E-state index in [4.69, 9.17) is 0 Å². The molecule has 0 aliphatic carbocycles. The highest BCUT2D eigenvalue weighted by atomic mass is 32.1. The Hall–Kier alpha value is -1.72. The number of rotatable bonds is 6. The summed E-state index contributed by atoms with van der Waals surface area (Å²) in [6.07, 6.45) is 2.00. The van der Waals surface area contributed by atoms with Crippen molar-refractivity contribution < 1.29 is 4.79 Å². The third-order valence-electron chi connectivity index (χ3n) is 4.96. The second-order valence-electron chi connectivity index (χ2n) is 6.76. The number of thiazole rings is 1. The number of hydrogen-bond donors (Lipinski definition) is 1. The lowest BCUT2D eigenvalue weighted by Gasteiger charge is -2.17. The first-order chi connectivity index (χ1) is 12.1. The normalized spacial score (nSPS) is 17.8. The summed E-state index contributed by atoms with van der Waals surface area (Å²) >= 11 is 1.49. The zero-order valence-corrected chi connectivity index (χ0v) is 16.2. The number of nitrogens with zero attached hydrogens (tertiary/aromatic N) is 2. The van der Waals surface area contributed by atoms with E-state index in [2.05, 4.69) is 46.4 Å². The molecule has 1 aliphatic heterocycles. The summed E-state index contributed by atoms with van der Waals surface area (Å²) in [6.45, 7) is 9.99. The lowest BCUT2D eigenvalue weighted by Crippen LogP contribution is -2.33. The van der Waals surface area contributed by atoms with Crippen molar-refractivity contribution in [2.45, 2.75) is 39.5 Å². The van der Waals surface area contributed by atoms with Crippen LogP contribution in [-0.4, -0.2) is 42.0 Å². The van der Waals surface area contributed by atoms with Gasteiger partial charge in [-0.25, -0.2) is 4.98 Å². The lowest BCUT2D eigenvalue weighted by molar-refractivity contribution is 0.0952. The molecule has 2 aromatic rings. The van der Waals surface area contributed by atoms with Crippen molar-refractivity contribution in [3.63, 3.8) is 0 Å². The van der Waals surface area contributed by atoms with Crippen LogP contribution >= 0.6 is 11.3 Å². The van der Waals surface area contributed by atoms with Crippen molar-refractivity contribution in [2.24, 2.45) is 0 Å². The number of nitrogens with one attached hydrogen (secondary N) is 1. The number of aromatic nitrogens is 1. The van der Waals surface area contributed by atoms with E-state index >= 15 is 0 Å². The van der Waals surface area contributed by atoms with E-state index in [1.54, 1.807) is 0 Å². The first-order valence-electron chi connectivity index (χ1n) is 9.11. The number of hydrogen-bond acceptors (Lipinski definition) is 4. The highest BCUT2D eigenvalue weighted by molar-refractivity contribution is 7.13. The molecular formula is C20H27N3OS. The van der Waals surface area contributed by atoms with Crippen LogP contribution in [0.4, 0.5) is 0 Å². The molecule has 1 fully saturated rings. The smallest absolute Gasteiger partial charge is 0.263 e. The van der Waals surface area contributed by atoms with Crippen LogP contribution < -0.4 is 5.32 Å². The number of benzene rings is 1. The number of likely N-dealkylation sites (tertiary alicyclic amines) is 1. The Bertz CT molecular complexity index is 740. The fourth-order valence-electron chi connectivity index (χ4n) is 3.63. The monoisotopic (exact) mass is 357 g/mol. The zero-order chi connectivity index (χ0) is 17.8. The van der Waals surface area contributed by atoms with Crippen molar-refractivity contribution in [1.29, 1.82) is 0 Å². The van der Waals surface area contributed by atoms with E-state index in [9.17, 15) is 4.79 Å². The van der Waals surface area contributed by atoms with Gasteiger partial charge in [-0.2, -0.15) is 0 Å². The summed E-state index contributed by atoms with van der Waals surface area (Å²) < 4.78 is 0. The van der Waals surface area contributed by atoms with Crippen LogP contribution in [0, 0.1) is 13.8 Å². The minimum absolute atomic E-state index is 0.0251. The molecule has 25 heavy (non-hydrogen) atoms. The largest absolute Gasteiger partial charge is 0.350 e. The second kappa shape index (κ2) is 8.11. The summed E-state index contributed by atoms with van der Waals surface area (Å²) in [5, 5.41) is 4.03. The maximum Gasteiger partial charge on any atom is 0.263 e. The van der Waals surface area contributed by atoms with Gasteiger partial charge in [0.2, 0.25) is 0 Å². The molecule has 2 heterocycles. The summed E-state index contributed by atoms with van der Waals surface area (Å²) in [5.41, 5.74) is 3.78. The Balaban J connectivity index is 1.48. The standard InChI is InChI=1S/C20H27N3OS/c1-4-18-19(25-15(3)22-18)20(24)21-10-12-23-11-9-16(13-23)17-8-6-5-7-14(17)2/h5-8,16H,4,9-13H2,1-3H3,(H,21,24)/t16-/m1/s1. The Morgan fingerprint density at radius 1 is 1.36 bits per heavy atom. The van der Waals surface area contributed by atoms with Gasteiger partial charge in [-0.1, -0.05) is 31.2 Å².